The van der Waals surface area contributed by atoms with Gasteiger partial charge in [-0.05, 0) is 30.5 Å². The zero-order valence-electron chi connectivity index (χ0n) is 14.1. The molecular weight excluding hydrogens is 346 g/mol. The Hall–Kier alpha value is -3.19. The molecule has 2 N–H and O–H groups in total. The van der Waals surface area contributed by atoms with Gasteiger partial charge in [-0.2, -0.15) is 4.98 Å². The van der Waals surface area contributed by atoms with E-state index in [0.717, 1.165) is 34.9 Å². The van der Waals surface area contributed by atoms with Gasteiger partial charge in [0.2, 0.25) is 5.95 Å². The molecule has 0 saturated carbocycles. The van der Waals surface area contributed by atoms with Gasteiger partial charge in [0, 0.05) is 27.9 Å². The molecule has 3 heterocycles. The molecule has 0 unspecified atom stereocenters. The Morgan fingerprint density at radius 3 is 2.73 bits per heavy atom. The van der Waals surface area contributed by atoms with Crippen molar-refractivity contribution in [3.63, 3.8) is 0 Å². The number of benzene rings is 1. The average molecular weight is 363 g/mol. The maximum absolute atomic E-state index is 5.02. The Kier molecular flexibility index (Phi) is 4.61. The third-order valence-electron chi connectivity index (χ3n) is 3.85. The summed E-state index contributed by atoms with van der Waals surface area (Å²) in [5.74, 6) is 1.38. The molecule has 0 aliphatic carbocycles. The van der Waals surface area contributed by atoms with Gasteiger partial charge in [0.1, 0.15) is 17.8 Å². The first-order valence-electron chi connectivity index (χ1n) is 8.13. The lowest BCUT2D eigenvalue weighted by molar-refractivity contribution is 0.558. The summed E-state index contributed by atoms with van der Waals surface area (Å²) in [7, 11) is 0. The lowest BCUT2D eigenvalue weighted by Gasteiger charge is -2.10. The topological polar surface area (TPSA) is 75.9 Å². The SMILES string of the molecule is Cc1cnc(Nc2ccc(-c3cocn3)cc2)nc1NCc1cccs1. The molecule has 0 saturated heterocycles. The van der Waals surface area contributed by atoms with Crippen molar-refractivity contribution in [2.75, 3.05) is 10.6 Å². The van der Waals surface area contributed by atoms with E-state index in [1.807, 2.05) is 43.5 Å². The minimum atomic E-state index is 0.554. The zero-order valence-corrected chi connectivity index (χ0v) is 15.0. The van der Waals surface area contributed by atoms with Gasteiger partial charge < -0.3 is 15.1 Å². The highest BCUT2D eigenvalue weighted by molar-refractivity contribution is 7.09. The number of aromatic nitrogens is 3. The van der Waals surface area contributed by atoms with Crippen molar-refractivity contribution in [1.29, 1.82) is 0 Å². The highest BCUT2D eigenvalue weighted by atomic mass is 32.1. The molecule has 4 rings (SSSR count). The maximum Gasteiger partial charge on any atom is 0.229 e. The summed E-state index contributed by atoms with van der Waals surface area (Å²) < 4.78 is 5.02. The molecule has 130 valence electrons. The first-order valence-corrected chi connectivity index (χ1v) is 9.01. The Bertz CT molecular complexity index is 966. The van der Waals surface area contributed by atoms with Gasteiger partial charge >= 0.3 is 0 Å². The molecule has 0 fully saturated rings. The second-order valence-corrected chi connectivity index (χ2v) is 6.77. The van der Waals surface area contributed by atoms with E-state index < -0.39 is 0 Å². The van der Waals surface area contributed by atoms with Gasteiger partial charge in [0.05, 0.1) is 6.54 Å². The molecule has 3 aromatic heterocycles. The standard InChI is InChI=1S/C19H17N5OS/c1-13-9-21-19(24-18(13)20-10-16-3-2-8-26-16)23-15-6-4-14(5-7-15)17-11-25-12-22-17/h2-9,11-12H,10H2,1H3,(H2,20,21,23,24). The third kappa shape index (κ3) is 3.73. The fourth-order valence-electron chi connectivity index (χ4n) is 2.47. The lowest BCUT2D eigenvalue weighted by Crippen LogP contribution is -2.05. The fourth-order valence-corrected chi connectivity index (χ4v) is 3.12. The van der Waals surface area contributed by atoms with Gasteiger partial charge in [-0.1, -0.05) is 18.2 Å². The summed E-state index contributed by atoms with van der Waals surface area (Å²) >= 11 is 1.72. The van der Waals surface area contributed by atoms with Crippen molar-refractivity contribution < 1.29 is 4.42 Å². The molecule has 7 heteroatoms. The van der Waals surface area contributed by atoms with Crippen molar-refractivity contribution in [2.45, 2.75) is 13.5 Å². The van der Waals surface area contributed by atoms with Gasteiger partial charge in [0.15, 0.2) is 6.39 Å². The minimum absolute atomic E-state index is 0.554. The number of thiophene rings is 1. The smallest absolute Gasteiger partial charge is 0.229 e. The van der Waals surface area contributed by atoms with E-state index in [1.54, 1.807) is 17.6 Å². The summed E-state index contributed by atoms with van der Waals surface area (Å²) in [5.41, 5.74) is 3.72. The number of hydrogen-bond donors (Lipinski definition) is 2. The Morgan fingerprint density at radius 1 is 1.12 bits per heavy atom. The molecule has 1 aromatic carbocycles. The number of rotatable bonds is 6. The predicted molar refractivity (Wildman–Crippen MR) is 104 cm³/mol. The van der Waals surface area contributed by atoms with Crippen molar-refractivity contribution in [3.8, 4) is 11.3 Å². The normalized spacial score (nSPS) is 10.7. The van der Waals surface area contributed by atoms with Crippen LogP contribution in [0.1, 0.15) is 10.4 Å². The fraction of sp³-hybridized carbons (Fsp3) is 0.105. The van der Waals surface area contributed by atoms with Crippen LogP contribution >= 0.6 is 11.3 Å². The summed E-state index contributed by atoms with van der Waals surface area (Å²) in [4.78, 5) is 14.4. The average Bonchev–Trinajstić information content (AvgIpc) is 3.37. The van der Waals surface area contributed by atoms with Crippen LogP contribution in [0, 0.1) is 6.92 Å². The summed E-state index contributed by atoms with van der Waals surface area (Å²) in [6.45, 7) is 2.74. The second kappa shape index (κ2) is 7.37. The molecule has 0 spiro atoms. The highest BCUT2D eigenvalue weighted by Crippen LogP contribution is 2.22. The quantitative estimate of drug-likeness (QED) is 0.510. The molecule has 4 aromatic rings. The number of oxazole rings is 1. The van der Waals surface area contributed by atoms with Crippen LogP contribution < -0.4 is 10.6 Å². The molecule has 0 amide bonds. The molecule has 6 nitrogen and oxygen atoms in total. The van der Waals surface area contributed by atoms with E-state index in [-0.39, 0.29) is 0 Å². The van der Waals surface area contributed by atoms with Crippen LogP contribution in [0.4, 0.5) is 17.5 Å². The zero-order chi connectivity index (χ0) is 17.8. The minimum Gasteiger partial charge on any atom is -0.451 e. The van der Waals surface area contributed by atoms with Crippen molar-refractivity contribution in [1.82, 2.24) is 15.0 Å². The molecule has 0 radical (unpaired) electrons. The summed E-state index contributed by atoms with van der Waals surface area (Å²) in [5, 5.41) is 8.67. The monoisotopic (exact) mass is 363 g/mol. The van der Waals surface area contributed by atoms with Gasteiger partial charge in [-0.25, -0.2) is 9.97 Å². The van der Waals surface area contributed by atoms with Crippen molar-refractivity contribution in [3.05, 3.63) is 71.1 Å². The van der Waals surface area contributed by atoms with Crippen LogP contribution in [0.15, 0.2) is 65.0 Å². The first kappa shape index (κ1) is 16.3. The van der Waals surface area contributed by atoms with Crippen molar-refractivity contribution >= 4 is 28.8 Å². The number of aryl methyl sites for hydroxylation is 1. The van der Waals surface area contributed by atoms with Crippen LogP contribution in [-0.2, 0) is 6.54 Å². The van der Waals surface area contributed by atoms with Crippen LogP contribution in [0.25, 0.3) is 11.3 Å². The lowest BCUT2D eigenvalue weighted by atomic mass is 10.1. The number of nitrogens with zero attached hydrogens (tertiary/aromatic N) is 3. The Labute approximate surface area is 155 Å². The van der Waals surface area contributed by atoms with Gasteiger partial charge in [0.25, 0.3) is 0 Å². The summed E-state index contributed by atoms with van der Waals surface area (Å²) in [6, 6.07) is 12.0. The number of hydrogen-bond acceptors (Lipinski definition) is 7. The Morgan fingerprint density at radius 2 is 2.00 bits per heavy atom. The largest absolute Gasteiger partial charge is 0.451 e. The second-order valence-electron chi connectivity index (χ2n) is 5.73. The molecule has 0 atom stereocenters. The van der Waals surface area contributed by atoms with Crippen LogP contribution in [0.2, 0.25) is 0 Å². The molecular formula is C19H17N5OS. The third-order valence-corrected chi connectivity index (χ3v) is 4.73. The number of nitrogens with one attached hydrogen (secondary N) is 2. The highest BCUT2D eigenvalue weighted by Gasteiger charge is 2.06. The van der Waals surface area contributed by atoms with E-state index in [9.17, 15) is 0 Å². The van der Waals surface area contributed by atoms with Crippen LogP contribution in [-0.4, -0.2) is 15.0 Å². The molecule has 0 bridgehead atoms. The Balaban J connectivity index is 1.46. The van der Waals surface area contributed by atoms with E-state index in [4.69, 9.17) is 4.42 Å². The molecule has 0 aliphatic rings. The maximum atomic E-state index is 5.02. The van der Waals surface area contributed by atoms with E-state index >= 15 is 0 Å². The predicted octanol–water partition coefficient (Wildman–Crippen LogP) is 4.86. The van der Waals surface area contributed by atoms with Gasteiger partial charge in [-0.3, -0.25) is 0 Å². The van der Waals surface area contributed by atoms with Crippen LogP contribution in [0.3, 0.4) is 0 Å². The van der Waals surface area contributed by atoms with Crippen molar-refractivity contribution in [2.24, 2.45) is 0 Å². The summed E-state index contributed by atoms with van der Waals surface area (Å²) in [6.07, 6.45) is 4.86. The van der Waals surface area contributed by atoms with E-state index in [1.165, 1.54) is 11.3 Å². The number of anilines is 3. The van der Waals surface area contributed by atoms with Crippen LogP contribution in [0.5, 0.6) is 0 Å². The first-order chi connectivity index (χ1) is 12.8. The van der Waals surface area contributed by atoms with Gasteiger partial charge in [-0.15, -0.1) is 11.3 Å². The molecule has 0 aliphatic heterocycles. The molecule has 26 heavy (non-hydrogen) atoms. The van der Waals surface area contributed by atoms with E-state index in [0.29, 0.717) is 5.95 Å². The van der Waals surface area contributed by atoms with E-state index in [2.05, 4.69) is 37.0 Å².